The molecule has 2 aromatic carbocycles. The number of halogens is 2. The van der Waals surface area contributed by atoms with E-state index in [0.29, 0.717) is 86.4 Å². The van der Waals surface area contributed by atoms with Gasteiger partial charge in [-0.05, 0) is 42.8 Å². The summed E-state index contributed by atoms with van der Waals surface area (Å²) in [6, 6.07) is 10.2. The molecular formula is C33H35ClFN9O6. The Kier molecular flexibility index (Phi) is 11.6. The Labute approximate surface area is 291 Å². The van der Waals surface area contributed by atoms with Crippen molar-refractivity contribution in [3.63, 3.8) is 0 Å². The molecular weight excluding hydrogens is 673 g/mol. The van der Waals surface area contributed by atoms with E-state index in [1.54, 1.807) is 62.0 Å². The second kappa shape index (κ2) is 16.3. The summed E-state index contributed by atoms with van der Waals surface area (Å²) in [6.45, 7) is 4.93. The highest BCUT2D eigenvalue weighted by Crippen LogP contribution is 2.36. The average Bonchev–Trinajstić information content (AvgIpc) is 3.57. The van der Waals surface area contributed by atoms with Gasteiger partial charge in [0, 0.05) is 75.0 Å². The number of urea groups is 1. The Morgan fingerprint density at radius 3 is 2.62 bits per heavy atom. The number of carboxylic acid groups (broad SMARTS) is 1. The number of imidazole rings is 1. The largest absolute Gasteiger partial charge is 0.483 e. The Morgan fingerprint density at radius 2 is 1.92 bits per heavy atom. The van der Waals surface area contributed by atoms with Gasteiger partial charge in [0.1, 0.15) is 6.07 Å². The van der Waals surface area contributed by atoms with Crippen LogP contribution in [0.5, 0.6) is 5.75 Å². The number of rotatable bonds is 7. The zero-order valence-electron chi connectivity index (χ0n) is 27.1. The van der Waals surface area contributed by atoms with Gasteiger partial charge in [0.25, 0.3) is 12.4 Å². The lowest BCUT2D eigenvalue weighted by atomic mass is 10.1. The van der Waals surface area contributed by atoms with Gasteiger partial charge in [0.05, 0.1) is 29.6 Å². The second-order valence-corrected chi connectivity index (χ2v) is 11.7. The van der Waals surface area contributed by atoms with Crippen LogP contribution in [-0.4, -0.2) is 118 Å². The predicted molar refractivity (Wildman–Crippen MR) is 181 cm³/mol. The Balaban J connectivity index is 0.00000156. The number of morpholine rings is 1. The minimum atomic E-state index is -0.767. The van der Waals surface area contributed by atoms with Gasteiger partial charge in [-0.1, -0.05) is 11.6 Å². The fourth-order valence-corrected chi connectivity index (χ4v) is 6.04. The number of hydrogen-bond donors (Lipinski definition) is 3. The van der Waals surface area contributed by atoms with Crippen LogP contribution < -0.4 is 15.8 Å². The molecule has 4 N–H and O–H groups in total. The Hall–Kier alpha value is -5.50. The normalized spacial score (nSPS) is 15.9. The maximum atomic E-state index is 14.9. The summed E-state index contributed by atoms with van der Waals surface area (Å²) < 4.78 is 27.3. The maximum absolute atomic E-state index is 14.9. The first-order chi connectivity index (χ1) is 24.2. The molecule has 15 nitrogen and oxygen atoms in total. The fourth-order valence-electron chi connectivity index (χ4n) is 5.78. The molecule has 2 aromatic heterocycles. The minimum absolute atomic E-state index is 0.0477. The highest BCUT2D eigenvalue weighted by molar-refractivity contribution is 6.33. The number of ether oxygens (including phenoxy) is 2. The van der Waals surface area contributed by atoms with Crippen molar-refractivity contribution in [2.45, 2.75) is 13.0 Å². The number of benzene rings is 2. The summed E-state index contributed by atoms with van der Waals surface area (Å²) in [5.41, 5.74) is 9.17. The van der Waals surface area contributed by atoms with Gasteiger partial charge in [-0.15, -0.1) is 0 Å². The third-order valence-corrected chi connectivity index (χ3v) is 8.64. The number of aryl methyl sites for hydroxylation is 1. The van der Waals surface area contributed by atoms with E-state index in [-0.39, 0.29) is 41.9 Å². The van der Waals surface area contributed by atoms with Crippen molar-refractivity contribution in [2.75, 3.05) is 64.3 Å². The average molecular weight is 708 g/mol. The smallest absolute Gasteiger partial charge is 0.320 e. The molecule has 6 rings (SSSR count). The third-order valence-electron chi connectivity index (χ3n) is 8.27. The zero-order valence-corrected chi connectivity index (χ0v) is 27.8. The van der Waals surface area contributed by atoms with Gasteiger partial charge in [-0.2, -0.15) is 5.26 Å². The molecule has 0 spiro atoms. The highest BCUT2D eigenvalue weighted by atomic mass is 35.5. The van der Waals surface area contributed by atoms with E-state index in [4.69, 9.17) is 42.0 Å². The van der Waals surface area contributed by atoms with Crippen LogP contribution in [0, 0.1) is 24.1 Å². The third kappa shape index (κ3) is 7.70. The van der Waals surface area contributed by atoms with E-state index in [1.807, 2.05) is 13.0 Å². The summed E-state index contributed by atoms with van der Waals surface area (Å²) in [4.78, 5) is 49.1. The van der Waals surface area contributed by atoms with Crippen molar-refractivity contribution in [3.05, 3.63) is 70.9 Å². The molecule has 262 valence electrons. The fraction of sp³-hybridized carbons (Fsp3) is 0.333. The number of nitrogens with one attached hydrogen (secondary N) is 1. The summed E-state index contributed by atoms with van der Waals surface area (Å²) in [7, 11) is 0. The summed E-state index contributed by atoms with van der Waals surface area (Å²) in [5.74, 6) is -0.530. The number of fused-ring (bicyclic) bond motifs is 1. The van der Waals surface area contributed by atoms with Crippen LogP contribution in [0.25, 0.3) is 16.9 Å². The lowest BCUT2D eigenvalue weighted by Crippen LogP contribution is -2.57. The van der Waals surface area contributed by atoms with E-state index >= 15 is 0 Å². The number of carbonyl (C=O) groups is 3. The topological polar surface area (TPSA) is 192 Å². The second-order valence-electron chi connectivity index (χ2n) is 11.3. The van der Waals surface area contributed by atoms with Crippen LogP contribution in [0.2, 0.25) is 5.02 Å². The molecule has 2 aliphatic heterocycles. The van der Waals surface area contributed by atoms with Crippen molar-refractivity contribution in [3.8, 4) is 23.1 Å². The number of anilines is 2. The standard InChI is InChI=1S/C32H33ClFN9O4.CH2O2/c1-20-16-21(2-3-23(20)31(44)40-9-11-41(12-10-40)32(45)42-13-15-46-22(17-36)19-42)39-29-30-38-18-25(43(30)8-7-37-29)24-4-5-26(47-14-6-35)28(34)27(24)33;2-1-3/h2-5,7-8,16,18,22H,9-15,17,19,36H2,1H3,(H,37,39);1H,(H,2,3)/t22-;/m0./s1. The molecule has 0 unspecified atom stereocenters. The summed E-state index contributed by atoms with van der Waals surface area (Å²) >= 11 is 6.35. The van der Waals surface area contributed by atoms with E-state index in [0.717, 1.165) is 5.56 Å². The van der Waals surface area contributed by atoms with Crippen LogP contribution in [0.15, 0.2) is 48.9 Å². The predicted octanol–water partition coefficient (Wildman–Crippen LogP) is 3.38. The van der Waals surface area contributed by atoms with E-state index in [9.17, 15) is 14.0 Å². The van der Waals surface area contributed by atoms with Gasteiger partial charge in [0.2, 0.25) is 0 Å². The van der Waals surface area contributed by atoms with Crippen molar-refractivity contribution < 1.29 is 33.4 Å². The van der Waals surface area contributed by atoms with Gasteiger partial charge in [-0.25, -0.2) is 19.2 Å². The molecule has 4 heterocycles. The molecule has 17 heteroatoms. The molecule has 1 atom stereocenters. The van der Waals surface area contributed by atoms with Gasteiger partial charge < -0.3 is 40.3 Å². The SMILES string of the molecule is Cc1cc(Nc2nccn3c(-c4ccc(OCC#N)c(F)c4Cl)cnc23)ccc1C(=O)N1CCN(C(=O)N2CCO[C@@H](CN)C2)CC1.O=CO. The number of hydrogen-bond acceptors (Lipinski definition) is 10. The Morgan fingerprint density at radius 1 is 1.18 bits per heavy atom. The van der Waals surface area contributed by atoms with E-state index < -0.39 is 5.82 Å². The first-order valence-electron chi connectivity index (χ1n) is 15.6. The first kappa shape index (κ1) is 35.8. The van der Waals surface area contributed by atoms with Crippen molar-refractivity contribution in [1.82, 2.24) is 29.1 Å². The number of nitriles is 1. The molecule has 3 amide bonds. The molecule has 2 fully saturated rings. The van der Waals surface area contributed by atoms with E-state index in [1.165, 1.54) is 6.07 Å². The van der Waals surface area contributed by atoms with Crippen molar-refractivity contribution in [1.29, 1.82) is 5.26 Å². The minimum Gasteiger partial charge on any atom is -0.483 e. The zero-order chi connectivity index (χ0) is 35.8. The summed E-state index contributed by atoms with van der Waals surface area (Å²) in [5, 5.41) is 18.7. The van der Waals surface area contributed by atoms with Crippen molar-refractivity contribution in [2.24, 2.45) is 5.73 Å². The summed E-state index contributed by atoms with van der Waals surface area (Å²) in [6.07, 6.45) is 4.69. The monoisotopic (exact) mass is 707 g/mol. The Bertz CT molecular complexity index is 1910. The first-order valence-corrected chi connectivity index (χ1v) is 16.0. The molecule has 0 aliphatic carbocycles. The van der Waals surface area contributed by atoms with Crippen LogP contribution >= 0.6 is 11.6 Å². The van der Waals surface area contributed by atoms with Crippen LogP contribution in [0.1, 0.15) is 15.9 Å². The molecule has 0 radical (unpaired) electrons. The highest BCUT2D eigenvalue weighted by Gasteiger charge is 2.31. The molecule has 50 heavy (non-hydrogen) atoms. The van der Waals surface area contributed by atoms with Crippen molar-refractivity contribution >= 4 is 47.2 Å². The van der Waals surface area contributed by atoms with E-state index in [2.05, 4.69) is 15.3 Å². The molecule has 4 aromatic rings. The lowest BCUT2D eigenvalue weighted by molar-refractivity contribution is -0.122. The van der Waals surface area contributed by atoms with Gasteiger partial charge in [0.15, 0.2) is 29.6 Å². The van der Waals surface area contributed by atoms with Crippen LogP contribution in [-0.2, 0) is 9.53 Å². The number of aromatic nitrogens is 3. The lowest BCUT2D eigenvalue weighted by Gasteiger charge is -2.40. The molecule has 2 saturated heterocycles. The number of piperazine rings is 1. The molecule has 0 saturated carbocycles. The molecule has 0 bridgehead atoms. The molecule has 2 aliphatic rings. The number of nitrogens with zero attached hydrogens (tertiary/aromatic N) is 7. The number of nitrogens with two attached hydrogens (primary N) is 1. The van der Waals surface area contributed by atoms with Gasteiger partial charge >= 0.3 is 6.03 Å². The van der Waals surface area contributed by atoms with Crippen LogP contribution in [0.3, 0.4) is 0 Å². The number of carbonyl (C=O) groups excluding carboxylic acids is 2. The quantitative estimate of drug-likeness (QED) is 0.239. The maximum Gasteiger partial charge on any atom is 0.320 e. The van der Waals surface area contributed by atoms with Gasteiger partial charge in [-0.3, -0.25) is 14.0 Å². The van der Waals surface area contributed by atoms with Crippen LogP contribution in [0.4, 0.5) is 20.7 Å². The number of amides is 3.